The van der Waals surface area contributed by atoms with E-state index < -0.39 is 0 Å². The quantitative estimate of drug-likeness (QED) is 0.883. The van der Waals surface area contributed by atoms with Gasteiger partial charge in [-0.05, 0) is 56.8 Å². The molecule has 1 aromatic carbocycles. The minimum Gasteiger partial charge on any atom is -0.366 e. The molecule has 1 atom stereocenters. The van der Waals surface area contributed by atoms with Crippen LogP contribution in [0.25, 0.3) is 0 Å². The predicted octanol–water partition coefficient (Wildman–Crippen LogP) is 3.91. The van der Waals surface area contributed by atoms with Gasteiger partial charge in [-0.1, -0.05) is 26.0 Å². The van der Waals surface area contributed by atoms with E-state index in [-0.39, 0.29) is 5.54 Å². The summed E-state index contributed by atoms with van der Waals surface area (Å²) in [4.78, 5) is 2.60. The van der Waals surface area contributed by atoms with Crippen molar-refractivity contribution < 1.29 is 0 Å². The van der Waals surface area contributed by atoms with E-state index in [4.69, 9.17) is 0 Å². The lowest BCUT2D eigenvalue weighted by molar-refractivity contribution is 0.376. The summed E-state index contributed by atoms with van der Waals surface area (Å²) in [5.74, 6) is 0.648. The highest BCUT2D eigenvalue weighted by Gasteiger charge is 2.35. The molecule has 1 aliphatic heterocycles. The number of nitrogens with one attached hydrogen (secondary N) is 1. The van der Waals surface area contributed by atoms with Gasteiger partial charge in [0.15, 0.2) is 0 Å². The first-order valence-corrected chi connectivity index (χ1v) is 7.54. The van der Waals surface area contributed by atoms with Crippen LogP contribution in [-0.4, -0.2) is 19.1 Å². The molecule has 2 rings (SSSR count). The van der Waals surface area contributed by atoms with Gasteiger partial charge in [0, 0.05) is 24.3 Å². The second-order valence-corrected chi connectivity index (χ2v) is 6.49. The summed E-state index contributed by atoms with van der Waals surface area (Å²) in [6.07, 6.45) is 2.44. The largest absolute Gasteiger partial charge is 0.366 e. The Labute approximate surface area is 118 Å². The molecule has 106 valence electrons. The highest BCUT2D eigenvalue weighted by molar-refractivity contribution is 5.60. The van der Waals surface area contributed by atoms with Crippen LogP contribution in [0.3, 0.4) is 0 Å². The lowest BCUT2D eigenvalue weighted by Crippen LogP contribution is -2.48. The Morgan fingerprint density at radius 3 is 2.74 bits per heavy atom. The Kier molecular flexibility index (Phi) is 4.19. The van der Waals surface area contributed by atoms with Gasteiger partial charge in [-0.15, -0.1) is 0 Å². The number of benzene rings is 1. The smallest absolute Gasteiger partial charge is 0.0406 e. The zero-order chi connectivity index (χ0) is 14.0. The third-order valence-electron chi connectivity index (χ3n) is 4.28. The van der Waals surface area contributed by atoms with E-state index in [0.29, 0.717) is 5.92 Å². The summed E-state index contributed by atoms with van der Waals surface area (Å²) in [5, 5.41) is 3.24. The number of nitrogens with zero attached hydrogens (tertiary/aromatic N) is 1. The number of fused-ring (bicyclic) bond motifs is 1. The number of hydrogen-bond acceptors (Lipinski definition) is 2. The molecule has 0 aromatic heterocycles. The van der Waals surface area contributed by atoms with Crippen molar-refractivity contribution in [2.45, 2.75) is 58.5 Å². The summed E-state index contributed by atoms with van der Waals surface area (Å²) in [5.41, 5.74) is 4.64. The highest BCUT2D eigenvalue weighted by atomic mass is 15.2. The minimum atomic E-state index is 0.271. The summed E-state index contributed by atoms with van der Waals surface area (Å²) in [7, 11) is 2.01. The van der Waals surface area contributed by atoms with E-state index >= 15 is 0 Å². The van der Waals surface area contributed by atoms with Crippen LogP contribution in [0.5, 0.6) is 0 Å². The maximum Gasteiger partial charge on any atom is 0.0406 e. The first kappa shape index (κ1) is 14.4. The lowest BCUT2D eigenvalue weighted by Gasteiger charge is -2.47. The zero-order valence-corrected chi connectivity index (χ0v) is 13.1. The molecule has 1 aliphatic rings. The second-order valence-electron chi connectivity index (χ2n) is 6.49. The van der Waals surface area contributed by atoms with Crippen LogP contribution in [0.15, 0.2) is 18.2 Å². The highest BCUT2D eigenvalue weighted by Crippen LogP contribution is 2.43. The van der Waals surface area contributed by atoms with Crippen molar-refractivity contribution in [2.75, 3.05) is 18.5 Å². The Morgan fingerprint density at radius 2 is 2.11 bits per heavy atom. The van der Waals surface area contributed by atoms with Crippen molar-refractivity contribution in [3.63, 3.8) is 0 Å². The lowest BCUT2D eigenvalue weighted by atomic mass is 9.79. The van der Waals surface area contributed by atoms with Crippen molar-refractivity contribution in [2.24, 2.45) is 0 Å². The SMILES string of the molecule is CCCN1c2ccc(CNC)cc2[C@@H](C)CC1(C)C. The van der Waals surface area contributed by atoms with Gasteiger partial charge < -0.3 is 10.2 Å². The van der Waals surface area contributed by atoms with Crippen LogP contribution in [0.2, 0.25) is 0 Å². The van der Waals surface area contributed by atoms with E-state index in [2.05, 4.69) is 56.1 Å². The topological polar surface area (TPSA) is 15.3 Å². The molecule has 0 aliphatic carbocycles. The minimum absolute atomic E-state index is 0.271. The molecule has 2 nitrogen and oxygen atoms in total. The average molecular weight is 260 g/mol. The maximum absolute atomic E-state index is 3.24. The fourth-order valence-electron chi connectivity index (χ4n) is 3.50. The van der Waals surface area contributed by atoms with E-state index in [9.17, 15) is 0 Å². The zero-order valence-electron chi connectivity index (χ0n) is 13.1. The fourth-order valence-corrected chi connectivity index (χ4v) is 3.50. The Hall–Kier alpha value is -1.02. The Balaban J connectivity index is 2.42. The van der Waals surface area contributed by atoms with Gasteiger partial charge in [0.1, 0.15) is 0 Å². The van der Waals surface area contributed by atoms with Gasteiger partial charge in [-0.3, -0.25) is 0 Å². The van der Waals surface area contributed by atoms with E-state index in [1.165, 1.54) is 29.7 Å². The van der Waals surface area contributed by atoms with E-state index in [0.717, 1.165) is 13.1 Å². The molecule has 0 saturated heterocycles. The van der Waals surface area contributed by atoms with Crippen LogP contribution >= 0.6 is 0 Å². The van der Waals surface area contributed by atoms with E-state index in [1.807, 2.05) is 7.05 Å². The number of anilines is 1. The van der Waals surface area contributed by atoms with Crippen LogP contribution in [-0.2, 0) is 6.54 Å². The molecule has 0 fully saturated rings. The standard InChI is InChI=1S/C17H28N2/c1-6-9-19-16-8-7-14(12-18-5)10-15(16)13(2)11-17(19,3)4/h7-8,10,13,18H,6,9,11-12H2,1-5H3/t13-/m0/s1. The average Bonchev–Trinajstić information content (AvgIpc) is 2.34. The van der Waals surface area contributed by atoms with Crippen molar-refractivity contribution in [1.82, 2.24) is 5.32 Å². The van der Waals surface area contributed by atoms with Crippen LogP contribution < -0.4 is 10.2 Å². The fraction of sp³-hybridized carbons (Fsp3) is 0.647. The molecule has 0 unspecified atom stereocenters. The predicted molar refractivity (Wildman–Crippen MR) is 84.0 cm³/mol. The van der Waals surface area contributed by atoms with Gasteiger partial charge in [-0.2, -0.15) is 0 Å². The maximum atomic E-state index is 3.24. The van der Waals surface area contributed by atoms with Crippen LogP contribution in [0.1, 0.15) is 57.6 Å². The molecular formula is C17H28N2. The summed E-state index contributed by atoms with van der Waals surface area (Å²) >= 11 is 0. The third-order valence-corrected chi connectivity index (χ3v) is 4.28. The second kappa shape index (κ2) is 5.54. The molecular weight excluding hydrogens is 232 g/mol. The van der Waals surface area contributed by atoms with Gasteiger partial charge in [0.05, 0.1) is 0 Å². The third kappa shape index (κ3) is 2.79. The molecule has 19 heavy (non-hydrogen) atoms. The molecule has 0 bridgehead atoms. The summed E-state index contributed by atoms with van der Waals surface area (Å²) in [6, 6.07) is 7.00. The molecule has 0 saturated carbocycles. The summed E-state index contributed by atoms with van der Waals surface area (Å²) in [6.45, 7) is 11.5. The van der Waals surface area contributed by atoms with Crippen molar-refractivity contribution >= 4 is 5.69 Å². The first-order valence-electron chi connectivity index (χ1n) is 7.54. The molecule has 1 N–H and O–H groups in total. The molecule has 0 amide bonds. The van der Waals surface area contributed by atoms with Crippen molar-refractivity contribution in [3.8, 4) is 0 Å². The van der Waals surface area contributed by atoms with Gasteiger partial charge in [0.25, 0.3) is 0 Å². The monoisotopic (exact) mass is 260 g/mol. The molecule has 2 heteroatoms. The van der Waals surface area contributed by atoms with E-state index in [1.54, 1.807) is 0 Å². The molecule has 1 heterocycles. The first-order chi connectivity index (χ1) is 8.99. The van der Waals surface area contributed by atoms with Crippen molar-refractivity contribution in [1.29, 1.82) is 0 Å². The van der Waals surface area contributed by atoms with Crippen LogP contribution in [0, 0.1) is 0 Å². The van der Waals surface area contributed by atoms with Crippen molar-refractivity contribution in [3.05, 3.63) is 29.3 Å². The van der Waals surface area contributed by atoms with Gasteiger partial charge in [-0.25, -0.2) is 0 Å². The Bertz CT molecular complexity index is 437. The van der Waals surface area contributed by atoms with Crippen LogP contribution in [0.4, 0.5) is 5.69 Å². The normalized spacial score (nSPS) is 21.3. The number of hydrogen-bond donors (Lipinski definition) is 1. The Morgan fingerprint density at radius 1 is 1.37 bits per heavy atom. The number of rotatable bonds is 4. The van der Waals surface area contributed by atoms with Gasteiger partial charge >= 0.3 is 0 Å². The molecule has 1 aromatic rings. The summed E-state index contributed by atoms with van der Waals surface area (Å²) < 4.78 is 0. The van der Waals surface area contributed by atoms with Gasteiger partial charge in [0.2, 0.25) is 0 Å². The molecule has 0 spiro atoms. The molecule has 0 radical (unpaired) electrons.